The minimum Gasteiger partial charge on any atom is -0.493 e. The topological polar surface area (TPSA) is 81.7 Å². The van der Waals surface area contributed by atoms with Crippen LogP contribution in [-0.4, -0.2) is 30.9 Å². The van der Waals surface area contributed by atoms with Crippen molar-refractivity contribution >= 4 is 23.3 Å². The number of rotatable bonds is 8. The van der Waals surface area contributed by atoms with Gasteiger partial charge in [-0.3, -0.25) is 14.4 Å². The summed E-state index contributed by atoms with van der Waals surface area (Å²) in [5.41, 5.74) is 2.21. The molecule has 136 valence electrons. The van der Waals surface area contributed by atoms with Crippen LogP contribution in [0.3, 0.4) is 0 Å². The molecule has 0 saturated heterocycles. The van der Waals surface area contributed by atoms with E-state index in [-0.39, 0.29) is 25.4 Å². The van der Waals surface area contributed by atoms with E-state index in [1.54, 1.807) is 24.3 Å². The normalized spacial score (nSPS) is 10.1. The van der Waals surface area contributed by atoms with Crippen molar-refractivity contribution in [3.63, 3.8) is 0 Å². The molecule has 0 radical (unpaired) electrons. The average Bonchev–Trinajstić information content (AvgIpc) is 2.62. The van der Waals surface area contributed by atoms with E-state index in [0.717, 1.165) is 5.56 Å². The number of benzene rings is 2. The van der Waals surface area contributed by atoms with Gasteiger partial charge in [0.15, 0.2) is 12.4 Å². The lowest BCUT2D eigenvalue weighted by Gasteiger charge is -2.08. The zero-order chi connectivity index (χ0) is 18.9. The van der Waals surface area contributed by atoms with Crippen LogP contribution >= 0.6 is 0 Å². The maximum Gasteiger partial charge on any atom is 0.309 e. The number of carbonyl (C=O) groups is 3. The molecule has 1 amide bonds. The highest BCUT2D eigenvalue weighted by Crippen LogP contribution is 2.12. The fourth-order valence-corrected chi connectivity index (χ4v) is 2.09. The molecule has 0 fully saturated rings. The van der Waals surface area contributed by atoms with Crippen LogP contribution in [0, 0.1) is 6.92 Å². The van der Waals surface area contributed by atoms with Gasteiger partial charge in [0.05, 0.1) is 13.0 Å². The van der Waals surface area contributed by atoms with E-state index >= 15 is 0 Å². The van der Waals surface area contributed by atoms with Crippen LogP contribution < -0.4 is 10.1 Å². The van der Waals surface area contributed by atoms with Crippen molar-refractivity contribution in [1.82, 2.24) is 0 Å². The van der Waals surface area contributed by atoms with Crippen molar-refractivity contribution in [2.75, 3.05) is 18.5 Å². The van der Waals surface area contributed by atoms with Gasteiger partial charge in [-0.2, -0.15) is 0 Å². The van der Waals surface area contributed by atoms with Crippen LogP contribution in [0.1, 0.15) is 29.3 Å². The standard InChI is InChI=1S/C20H21NO5/c1-14-3-9-18(10-4-14)25-12-11-20(24)26-13-19(23)21-17-7-5-16(6-8-17)15(2)22/h3-10H,11-13H2,1-2H3,(H,21,23). The number of hydrogen-bond donors (Lipinski definition) is 1. The Morgan fingerprint density at radius 1 is 0.962 bits per heavy atom. The Balaban J connectivity index is 1.67. The van der Waals surface area contributed by atoms with E-state index in [1.165, 1.54) is 6.92 Å². The van der Waals surface area contributed by atoms with Gasteiger partial charge >= 0.3 is 5.97 Å². The Labute approximate surface area is 152 Å². The first-order valence-corrected chi connectivity index (χ1v) is 8.20. The van der Waals surface area contributed by atoms with E-state index in [4.69, 9.17) is 9.47 Å². The van der Waals surface area contributed by atoms with Gasteiger partial charge in [-0.05, 0) is 50.2 Å². The molecule has 0 atom stereocenters. The van der Waals surface area contributed by atoms with E-state index in [9.17, 15) is 14.4 Å². The molecular weight excluding hydrogens is 334 g/mol. The fraction of sp³-hybridized carbons (Fsp3) is 0.250. The van der Waals surface area contributed by atoms with Crippen LogP contribution in [0.5, 0.6) is 5.75 Å². The highest BCUT2D eigenvalue weighted by molar-refractivity contribution is 5.96. The minimum absolute atomic E-state index is 0.0501. The van der Waals surface area contributed by atoms with Gasteiger partial charge in [0.25, 0.3) is 5.91 Å². The first-order chi connectivity index (χ1) is 12.4. The van der Waals surface area contributed by atoms with Crippen LogP contribution in [0.15, 0.2) is 48.5 Å². The molecule has 0 saturated carbocycles. The van der Waals surface area contributed by atoms with Crippen molar-refractivity contribution < 1.29 is 23.9 Å². The molecule has 0 aliphatic heterocycles. The summed E-state index contributed by atoms with van der Waals surface area (Å²) in [7, 11) is 0. The number of Topliss-reactive ketones (excluding diaryl/α,β-unsaturated/α-hetero) is 1. The second kappa shape index (κ2) is 9.36. The third kappa shape index (κ3) is 6.39. The Bertz CT molecular complexity index is 766. The predicted molar refractivity (Wildman–Crippen MR) is 97.3 cm³/mol. The lowest BCUT2D eigenvalue weighted by atomic mass is 10.1. The highest BCUT2D eigenvalue weighted by Gasteiger charge is 2.09. The summed E-state index contributed by atoms with van der Waals surface area (Å²) in [5.74, 6) is -0.340. The Hall–Kier alpha value is -3.15. The lowest BCUT2D eigenvalue weighted by Crippen LogP contribution is -2.21. The van der Waals surface area contributed by atoms with Crippen molar-refractivity contribution in [3.05, 3.63) is 59.7 Å². The number of amides is 1. The summed E-state index contributed by atoms with van der Waals surface area (Å²) in [4.78, 5) is 34.6. The van der Waals surface area contributed by atoms with Crippen molar-refractivity contribution in [2.24, 2.45) is 0 Å². The van der Waals surface area contributed by atoms with E-state index < -0.39 is 11.9 Å². The zero-order valence-corrected chi connectivity index (χ0v) is 14.8. The molecule has 6 heteroatoms. The van der Waals surface area contributed by atoms with Gasteiger partial charge in [-0.15, -0.1) is 0 Å². The largest absolute Gasteiger partial charge is 0.493 e. The molecule has 0 unspecified atom stereocenters. The molecule has 6 nitrogen and oxygen atoms in total. The third-order valence-electron chi connectivity index (χ3n) is 3.54. The van der Waals surface area contributed by atoms with Crippen molar-refractivity contribution in [2.45, 2.75) is 20.3 Å². The molecule has 0 aromatic heterocycles. The van der Waals surface area contributed by atoms with E-state index in [1.807, 2.05) is 31.2 Å². The third-order valence-corrected chi connectivity index (χ3v) is 3.54. The SMILES string of the molecule is CC(=O)c1ccc(NC(=O)COC(=O)CCOc2ccc(C)cc2)cc1. The van der Waals surface area contributed by atoms with Crippen LogP contribution in [-0.2, 0) is 14.3 Å². The van der Waals surface area contributed by atoms with Crippen LogP contribution in [0.4, 0.5) is 5.69 Å². The Morgan fingerprint density at radius 2 is 1.62 bits per heavy atom. The molecule has 0 bridgehead atoms. The number of hydrogen-bond acceptors (Lipinski definition) is 5. The second-order valence-electron chi connectivity index (χ2n) is 5.75. The summed E-state index contributed by atoms with van der Waals surface area (Å²) in [6.45, 7) is 3.24. The van der Waals surface area contributed by atoms with Gasteiger partial charge in [-0.1, -0.05) is 17.7 Å². The van der Waals surface area contributed by atoms with Gasteiger partial charge in [0.2, 0.25) is 0 Å². The average molecular weight is 355 g/mol. The number of anilines is 1. The predicted octanol–water partition coefficient (Wildman–Crippen LogP) is 3.15. The Kier molecular flexibility index (Phi) is 6.91. The maximum atomic E-state index is 11.8. The quantitative estimate of drug-likeness (QED) is 0.581. The number of ketones is 1. The molecule has 2 aromatic rings. The lowest BCUT2D eigenvalue weighted by molar-refractivity contribution is -0.147. The van der Waals surface area contributed by atoms with Crippen LogP contribution in [0.2, 0.25) is 0 Å². The molecular formula is C20H21NO5. The first-order valence-electron chi connectivity index (χ1n) is 8.20. The molecule has 0 heterocycles. The molecule has 26 heavy (non-hydrogen) atoms. The number of nitrogens with one attached hydrogen (secondary N) is 1. The summed E-state index contributed by atoms with van der Waals surface area (Å²) in [6, 6.07) is 14.0. The fourth-order valence-electron chi connectivity index (χ4n) is 2.09. The van der Waals surface area contributed by atoms with Crippen molar-refractivity contribution in [1.29, 1.82) is 0 Å². The highest BCUT2D eigenvalue weighted by atomic mass is 16.5. The Morgan fingerprint density at radius 3 is 2.23 bits per heavy atom. The molecule has 1 N–H and O–H groups in total. The van der Waals surface area contributed by atoms with Gasteiger partial charge in [0, 0.05) is 11.3 Å². The minimum atomic E-state index is -0.515. The smallest absolute Gasteiger partial charge is 0.309 e. The first kappa shape index (κ1) is 19.2. The monoisotopic (exact) mass is 355 g/mol. The van der Waals surface area contributed by atoms with Crippen molar-refractivity contribution in [3.8, 4) is 5.75 Å². The van der Waals surface area contributed by atoms with E-state index in [2.05, 4.69) is 5.32 Å². The summed E-state index contributed by atoms with van der Waals surface area (Å²) < 4.78 is 10.3. The maximum absolute atomic E-state index is 11.8. The molecule has 0 spiro atoms. The van der Waals surface area contributed by atoms with E-state index in [0.29, 0.717) is 17.0 Å². The van der Waals surface area contributed by atoms with Gasteiger partial charge in [-0.25, -0.2) is 0 Å². The summed E-state index contributed by atoms with van der Waals surface area (Å²) in [5, 5.41) is 2.59. The zero-order valence-electron chi connectivity index (χ0n) is 14.8. The molecule has 2 rings (SSSR count). The second-order valence-corrected chi connectivity index (χ2v) is 5.75. The number of carbonyl (C=O) groups excluding carboxylic acids is 3. The number of aryl methyl sites for hydroxylation is 1. The molecule has 2 aromatic carbocycles. The molecule has 0 aliphatic rings. The summed E-state index contributed by atoms with van der Waals surface area (Å²) >= 11 is 0. The summed E-state index contributed by atoms with van der Waals surface area (Å²) in [6.07, 6.45) is 0.0501. The van der Waals surface area contributed by atoms with Crippen LogP contribution in [0.25, 0.3) is 0 Å². The molecule has 0 aliphatic carbocycles. The number of ether oxygens (including phenoxy) is 2. The van der Waals surface area contributed by atoms with Gasteiger partial charge < -0.3 is 14.8 Å². The number of esters is 1. The van der Waals surface area contributed by atoms with Gasteiger partial charge in [0.1, 0.15) is 5.75 Å².